The Hall–Kier alpha value is -3.74. The average Bonchev–Trinajstić information content (AvgIpc) is 2.81. The first kappa shape index (κ1) is 21.5. The van der Waals surface area contributed by atoms with Gasteiger partial charge >= 0.3 is 0 Å². The molecule has 1 atom stereocenters. The SMILES string of the molecule is NC(=O)C(c1cccnc1)c1ccc(N2CC=CCC2)nc1NCCc1cccc(F)c1. The fourth-order valence-electron chi connectivity index (χ4n) is 3.92. The summed E-state index contributed by atoms with van der Waals surface area (Å²) in [4.78, 5) is 23.6. The predicted molar refractivity (Wildman–Crippen MR) is 124 cm³/mol. The molecule has 4 rings (SSSR count). The molecule has 0 saturated carbocycles. The Bertz CT molecular complexity index is 1100. The van der Waals surface area contributed by atoms with Crippen molar-refractivity contribution in [3.05, 3.63) is 95.6 Å². The lowest BCUT2D eigenvalue weighted by Crippen LogP contribution is -2.29. The van der Waals surface area contributed by atoms with E-state index in [0.717, 1.165) is 30.9 Å². The molecule has 0 bridgehead atoms. The maximum Gasteiger partial charge on any atom is 0.229 e. The Morgan fingerprint density at radius 2 is 2.09 bits per heavy atom. The third-order valence-electron chi connectivity index (χ3n) is 5.50. The van der Waals surface area contributed by atoms with E-state index in [9.17, 15) is 9.18 Å². The van der Waals surface area contributed by atoms with E-state index in [4.69, 9.17) is 10.7 Å². The number of nitrogens with one attached hydrogen (secondary N) is 1. The number of primary amides is 1. The zero-order valence-electron chi connectivity index (χ0n) is 17.7. The van der Waals surface area contributed by atoms with Crippen LogP contribution in [-0.2, 0) is 11.2 Å². The number of benzene rings is 1. The average molecular weight is 432 g/mol. The molecule has 0 saturated heterocycles. The van der Waals surface area contributed by atoms with Gasteiger partial charge in [-0.1, -0.05) is 36.4 Å². The number of nitrogens with zero attached hydrogens (tertiary/aromatic N) is 3. The lowest BCUT2D eigenvalue weighted by atomic mass is 9.92. The monoisotopic (exact) mass is 431 g/mol. The van der Waals surface area contributed by atoms with Crippen LogP contribution in [0.15, 0.2) is 73.1 Å². The number of aromatic nitrogens is 2. The Labute approximate surface area is 187 Å². The highest BCUT2D eigenvalue weighted by Gasteiger charge is 2.25. The van der Waals surface area contributed by atoms with Crippen LogP contribution in [-0.4, -0.2) is 35.5 Å². The standard InChI is InChI=1S/C25H26FN5O/c26-20-8-4-6-18(16-20)11-13-29-25-21(23(24(27)32)19-7-5-12-28-17-19)9-10-22(30-25)31-14-2-1-3-15-31/h1-2,4-10,12,16-17,23H,3,11,13-15H2,(H2,27,32)(H,29,30). The fourth-order valence-corrected chi connectivity index (χ4v) is 3.92. The quantitative estimate of drug-likeness (QED) is 0.532. The summed E-state index contributed by atoms with van der Waals surface area (Å²) in [6.45, 7) is 2.20. The number of rotatable bonds is 8. The van der Waals surface area contributed by atoms with Crippen molar-refractivity contribution >= 4 is 17.5 Å². The molecule has 1 unspecified atom stereocenters. The zero-order valence-corrected chi connectivity index (χ0v) is 17.7. The van der Waals surface area contributed by atoms with Crippen molar-refractivity contribution in [2.24, 2.45) is 5.73 Å². The van der Waals surface area contributed by atoms with Crippen molar-refractivity contribution in [3.63, 3.8) is 0 Å². The molecular weight excluding hydrogens is 405 g/mol. The van der Waals surface area contributed by atoms with Gasteiger partial charge in [-0.25, -0.2) is 9.37 Å². The number of carbonyl (C=O) groups excluding carboxylic acids is 1. The van der Waals surface area contributed by atoms with Gasteiger partial charge in [0.05, 0.1) is 5.92 Å². The van der Waals surface area contributed by atoms with Crippen LogP contribution in [0.5, 0.6) is 0 Å². The minimum absolute atomic E-state index is 0.258. The van der Waals surface area contributed by atoms with E-state index < -0.39 is 11.8 Å². The van der Waals surface area contributed by atoms with E-state index in [0.29, 0.717) is 29.9 Å². The highest BCUT2D eigenvalue weighted by atomic mass is 19.1. The summed E-state index contributed by atoms with van der Waals surface area (Å²) < 4.78 is 13.5. The van der Waals surface area contributed by atoms with Crippen LogP contribution in [0.25, 0.3) is 0 Å². The highest BCUT2D eigenvalue weighted by Crippen LogP contribution is 2.31. The molecule has 0 fully saturated rings. The number of carbonyl (C=O) groups is 1. The molecule has 32 heavy (non-hydrogen) atoms. The van der Waals surface area contributed by atoms with Crippen LogP contribution in [0.2, 0.25) is 0 Å². The van der Waals surface area contributed by atoms with Crippen molar-refractivity contribution in [1.82, 2.24) is 9.97 Å². The number of anilines is 2. The maximum absolute atomic E-state index is 13.5. The van der Waals surface area contributed by atoms with Gasteiger partial charge in [0.2, 0.25) is 5.91 Å². The molecule has 3 heterocycles. The second-order valence-electron chi connectivity index (χ2n) is 7.74. The summed E-state index contributed by atoms with van der Waals surface area (Å²) in [5.74, 6) is 0.0264. The lowest BCUT2D eigenvalue weighted by molar-refractivity contribution is -0.118. The Balaban J connectivity index is 1.64. The number of halogens is 1. The zero-order chi connectivity index (χ0) is 22.3. The highest BCUT2D eigenvalue weighted by molar-refractivity contribution is 5.87. The second-order valence-corrected chi connectivity index (χ2v) is 7.74. The summed E-state index contributed by atoms with van der Waals surface area (Å²) in [6, 6.07) is 14.0. The summed E-state index contributed by atoms with van der Waals surface area (Å²) in [5.41, 5.74) is 8.09. The van der Waals surface area contributed by atoms with E-state index in [1.54, 1.807) is 24.5 Å². The van der Waals surface area contributed by atoms with Crippen LogP contribution in [0, 0.1) is 5.82 Å². The predicted octanol–water partition coefficient (Wildman–Crippen LogP) is 3.65. The number of nitrogens with two attached hydrogens (primary N) is 1. The third kappa shape index (κ3) is 5.11. The molecule has 6 nitrogen and oxygen atoms in total. The number of hydrogen-bond donors (Lipinski definition) is 2. The molecule has 1 aliphatic heterocycles. The topological polar surface area (TPSA) is 84.1 Å². The van der Waals surface area contributed by atoms with Crippen molar-refractivity contribution in [3.8, 4) is 0 Å². The minimum Gasteiger partial charge on any atom is -0.369 e. The first-order chi connectivity index (χ1) is 15.6. The summed E-state index contributed by atoms with van der Waals surface area (Å²) in [6.07, 6.45) is 9.17. The van der Waals surface area contributed by atoms with Crippen molar-refractivity contribution in [2.75, 3.05) is 29.9 Å². The molecule has 164 valence electrons. The maximum atomic E-state index is 13.5. The lowest BCUT2D eigenvalue weighted by Gasteiger charge is -2.26. The second kappa shape index (κ2) is 10.0. The Kier molecular flexibility index (Phi) is 6.75. The van der Waals surface area contributed by atoms with Crippen LogP contribution in [0.1, 0.15) is 29.0 Å². The van der Waals surface area contributed by atoms with Gasteiger partial charge in [0.1, 0.15) is 17.5 Å². The molecule has 1 aromatic carbocycles. The molecule has 3 aromatic rings. The van der Waals surface area contributed by atoms with Gasteiger partial charge in [0, 0.05) is 37.6 Å². The van der Waals surface area contributed by atoms with Crippen molar-refractivity contribution < 1.29 is 9.18 Å². The summed E-state index contributed by atoms with van der Waals surface area (Å²) >= 11 is 0. The smallest absolute Gasteiger partial charge is 0.229 e. The van der Waals surface area contributed by atoms with E-state index >= 15 is 0 Å². The largest absolute Gasteiger partial charge is 0.369 e. The van der Waals surface area contributed by atoms with Gasteiger partial charge in [0.15, 0.2) is 0 Å². The van der Waals surface area contributed by atoms with Crippen LogP contribution in [0.3, 0.4) is 0 Å². The van der Waals surface area contributed by atoms with E-state index in [1.807, 2.05) is 24.3 Å². The first-order valence-corrected chi connectivity index (χ1v) is 10.7. The van der Waals surface area contributed by atoms with Gasteiger partial charge in [0.25, 0.3) is 0 Å². The molecule has 3 N–H and O–H groups in total. The Morgan fingerprint density at radius 3 is 2.81 bits per heavy atom. The third-order valence-corrected chi connectivity index (χ3v) is 5.50. The van der Waals surface area contributed by atoms with Gasteiger partial charge in [-0.2, -0.15) is 0 Å². The normalized spacial score (nSPS) is 14.2. The number of amides is 1. The van der Waals surface area contributed by atoms with Gasteiger partial charge in [-0.3, -0.25) is 9.78 Å². The molecule has 0 radical (unpaired) electrons. The van der Waals surface area contributed by atoms with Gasteiger partial charge in [-0.15, -0.1) is 0 Å². The van der Waals surface area contributed by atoms with Gasteiger partial charge < -0.3 is 16.0 Å². The first-order valence-electron chi connectivity index (χ1n) is 10.7. The van der Waals surface area contributed by atoms with Crippen LogP contribution in [0.4, 0.5) is 16.0 Å². The molecule has 1 amide bonds. The molecule has 2 aromatic heterocycles. The van der Waals surface area contributed by atoms with Crippen molar-refractivity contribution in [1.29, 1.82) is 0 Å². The molecular formula is C25H26FN5O. The fraction of sp³-hybridized carbons (Fsp3) is 0.240. The van der Waals surface area contributed by atoms with E-state index in [-0.39, 0.29) is 5.82 Å². The van der Waals surface area contributed by atoms with E-state index in [1.165, 1.54) is 12.1 Å². The van der Waals surface area contributed by atoms with Gasteiger partial charge in [-0.05, 0) is 48.2 Å². The summed E-state index contributed by atoms with van der Waals surface area (Å²) in [5, 5.41) is 3.36. The minimum atomic E-state index is -0.678. The number of pyridine rings is 2. The number of hydrogen-bond acceptors (Lipinski definition) is 5. The summed E-state index contributed by atoms with van der Waals surface area (Å²) in [7, 11) is 0. The Morgan fingerprint density at radius 1 is 1.19 bits per heavy atom. The van der Waals surface area contributed by atoms with Crippen molar-refractivity contribution in [2.45, 2.75) is 18.8 Å². The van der Waals surface area contributed by atoms with Crippen LogP contribution < -0.4 is 16.0 Å². The molecule has 0 aliphatic carbocycles. The molecule has 7 heteroatoms. The molecule has 0 spiro atoms. The molecule has 1 aliphatic rings. The van der Waals surface area contributed by atoms with E-state index in [2.05, 4.69) is 27.4 Å². The van der Waals surface area contributed by atoms with Crippen LogP contribution >= 0.6 is 0 Å².